The van der Waals surface area contributed by atoms with Crippen molar-refractivity contribution in [2.24, 2.45) is 0 Å². The third-order valence-corrected chi connectivity index (χ3v) is 2.64. The predicted molar refractivity (Wildman–Crippen MR) is 53.9 cm³/mol. The lowest BCUT2D eigenvalue weighted by atomic mass is 10.6. The van der Waals surface area contributed by atoms with Crippen molar-refractivity contribution >= 4 is 19.2 Å². The largest absolute Gasteiger partial charge is 0.405 e. The maximum atomic E-state index is 11.4. The third kappa shape index (κ3) is 5.90. The fraction of sp³-hybridized carbons (Fsp3) is 0.500. The van der Waals surface area contributed by atoms with Crippen LogP contribution in [0.25, 0.3) is 0 Å². The van der Waals surface area contributed by atoms with Gasteiger partial charge in [0, 0.05) is 11.5 Å². The van der Waals surface area contributed by atoms with Gasteiger partial charge in [0.25, 0.3) is 0 Å². The molecule has 5 heteroatoms. The molecule has 0 radical (unpaired) electrons. The summed E-state index contributed by atoms with van der Waals surface area (Å²) in [6.45, 7) is 2.11. The Morgan fingerprint density at radius 3 is 2.69 bits per heavy atom. The van der Waals surface area contributed by atoms with Crippen molar-refractivity contribution < 1.29 is 13.6 Å². The molecule has 0 saturated heterocycles. The van der Waals surface area contributed by atoms with Gasteiger partial charge in [-0.2, -0.15) is 0 Å². The van der Waals surface area contributed by atoms with Gasteiger partial charge in [-0.1, -0.05) is 12.2 Å². The highest BCUT2D eigenvalue weighted by Crippen LogP contribution is 2.46. The maximum absolute atomic E-state index is 11.4. The molecule has 0 aromatic heterocycles. The van der Waals surface area contributed by atoms with E-state index in [9.17, 15) is 4.57 Å². The van der Waals surface area contributed by atoms with Crippen LogP contribution in [0.1, 0.15) is 6.92 Å². The van der Waals surface area contributed by atoms with E-state index in [0.717, 1.165) is 0 Å². The Bertz CT molecular complexity index is 244. The van der Waals surface area contributed by atoms with Crippen molar-refractivity contribution in [3.63, 3.8) is 0 Å². The quantitative estimate of drug-likeness (QED) is 0.300. The van der Waals surface area contributed by atoms with Gasteiger partial charge in [0.1, 0.15) is 0 Å². The van der Waals surface area contributed by atoms with Gasteiger partial charge < -0.3 is 0 Å². The van der Waals surface area contributed by atoms with Crippen LogP contribution >= 0.6 is 19.2 Å². The maximum Gasteiger partial charge on any atom is 0.405 e. The fourth-order valence-corrected chi connectivity index (χ4v) is 1.53. The van der Waals surface area contributed by atoms with Crippen LogP contribution < -0.4 is 0 Å². The molecule has 1 atom stereocenters. The smallest absolute Gasteiger partial charge is 0.300 e. The number of allylic oxidation sites excluding steroid dienone is 1. The van der Waals surface area contributed by atoms with Crippen LogP contribution in [0.3, 0.4) is 0 Å². The predicted octanol–water partition coefficient (Wildman–Crippen LogP) is 2.62. The van der Waals surface area contributed by atoms with Crippen LogP contribution in [-0.4, -0.2) is 19.1 Å². The van der Waals surface area contributed by atoms with Crippen LogP contribution in [0.4, 0.5) is 0 Å². The molecule has 0 bridgehead atoms. The molecule has 0 aromatic carbocycles. The summed E-state index contributed by atoms with van der Waals surface area (Å²) in [5, 5.41) is 0. The molecule has 13 heavy (non-hydrogen) atoms. The summed E-state index contributed by atoms with van der Waals surface area (Å²) in [4.78, 5) is 0. The van der Waals surface area contributed by atoms with E-state index in [1.165, 1.54) is 0 Å². The molecule has 0 aliphatic heterocycles. The van der Waals surface area contributed by atoms with Gasteiger partial charge in [0.05, 0.1) is 13.2 Å². The van der Waals surface area contributed by atoms with E-state index >= 15 is 0 Å². The summed E-state index contributed by atoms with van der Waals surface area (Å²) in [7, 11) is -3.31. The molecule has 1 unspecified atom stereocenters. The number of hydrogen-bond donors (Lipinski definition) is 0. The summed E-state index contributed by atoms with van der Waals surface area (Å²) >= 11 is 5.36. The Kier molecular flexibility index (Phi) is 7.03. The summed E-state index contributed by atoms with van der Waals surface area (Å²) in [6, 6.07) is 0. The lowest BCUT2D eigenvalue weighted by molar-refractivity contribution is 0.239. The molecule has 0 aliphatic carbocycles. The zero-order valence-corrected chi connectivity index (χ0v) is 9.05. The Labute approximate surface area is 83.6 Å². The van der Waals surface area contributed by atoms with Gasteiger partial charge in [-0.3, -0.25) is 9.05 Å². The minimum absolute atomic E-state index is 0.147. The second kappa shape index (κ2) is 7.17. The van der Waals surface area contributed by atoms with Gasteiger partial charge >= 0.3 is 7.60 Å². The van der Waals surface area contributed by atoms with E-state index in [4.69, 9.17) is 27.1 Å². The van der Waals surface area contributed by atoms with Crippen molar-refractivity contribution in [2.45, 2.75) is 6.92 Å². The first-order valence-electron chi connectivity index (χ1n) is 3.76. The Hall–Kier alpha value is -0.260. The van der Waals surface area contributed by atoms with Crippen molar-refractivity contribution in [3.8, 4) is 12.1 Å². The highest BCUT2D eigenvalue weighted by molar-refractivity contribution is 7.59. The molecule has 0 aliphatic rings. The summed E-state index contributed by atoms with van der Waals surface area (Å²) < 4.78 is 21.1. The minimum atomic E-state index is -3.31. The molecule has 0 fully saturated rings. The second-order valence-corrected chi connectivity index (χ2v) is 4.04. The Morgan fingerprint density at radius 2 is 2.23 bits per heavy atom. The first-order valence-corrected chi connectivity index (χ1v) is 5.84. The van der Waals surface area contributed by atoms with E-state index in [1.54, 1.807) is 19.1 Å². The molecule has 0 N–H and O–H groups in total. The van der Waals surface area contributed by atoms with Crippen LogP contribution in [0.2, 0.25) is 0 Å². The van der Waals surface area contributed by atoms with Gasteiger partial charge in [0.15, 0.2) is 0 Å². The molecular formula is C8H12ClO3P. The average Bonchev–Trinajstić information content (AvgIpc) is 2.13. The first kappa shape index (κ1) is 12.7. The van der Waals surface area contributed by atoms with Crippen LogP contribution in [0.5, 0.6) is 0 Å². The average molecular weight is 223 g/mol. The van der Waals surface area contributed by atoms with Crippen LogP contribution in [0, 0.1) is 12.1 Å². The molecule has 0 saturated carbocycles. The highest BCUT2D eigenvalue weighted by Gasteiger charge is 2.18. The molecule has 0 amide bonds. The third-order valence-electron chi connectivity index (χ3n) is 1.05. The fourth-order valence-electron chi connectivity index (χ4n) is 0.554. The van der Waals surface area contributed by atoms with Gasteiger partial charge in [-0.25, -0.2) is 4.57 Å². The van der Waals surface area contributed by atoms with E-state index in [0.29, 0.717) is 5.88 Å². The molecule has 3 nitrogen and oxygen atoms in total. The van der Waals surface area contributed by atoms with E-state index in [2.05, 4.69) is 0 Å². The number of rotatable bonds is 6. The molecule has 0 heterocycles. The number of alkyl halides is 1. The molecular weight excluding hydrogens is 211 g/mol. The summed E-state index contributed by atoms with van der Waals surface area (Å²) in [5.74, 6) is 0.387. The highest BCUT2D eigenvalue weighted by atomic mass is 35.5. The van der Waals surface area contributed by atoms with Crippen molar-refractivity contribution in [1.29, 1.82) is 0 Å². The SMILES string of the molecule is C#CP(=O)(OCC)OC/C=C\CCl. The topological polar surface area (TPSA) is 35.5 Å². The second-order valence-electron chi connectivity index (χ2n) is 1.97. The van der Waals surface area contributed by atoms with E-state index in [1.807, 2.05) is 5.66 Å². The van der Waals surface area contributed by atoms with Crippen molar-refractivity contribution in [2.75, 3.05) is 19.1 Å². The van der Waals surface area contributed by atoms with Crippen LogP contribution in [0.15, 0.2) is 12.2 Å². The lowest BCUT2D eigenvalue weighted by Gasteiger charge is -2.09. The Balaban J connectivity index is 3.93. The summed E-state index contributed by atoms with van der Waals surface area (Å²) in [5.41, 5.74) is 2.00. The molecule has 0 aromatic rings. The monoisotopic (exact) mass is 222 g/mol. The normalized spacial score (nSPS) is 15.5. The van der Waals surface area contributed by atoms with Crippen molar-refractivity contribution in [3.05, 3.63) is 12.2 Å². The Morgan fingerprint density at radius 1 is 1.54 bits per heavy atom. The minimum Gasteiger partial charge on any atom is -0.300 e. The molecule has 0 spiro atoms. The first-order chi connectivity index (χ1) is 6.18. The summed E-state index contributed by atoms with van der Waals surface area (Å²) in [6.07, 6.45) is 8.30. The number of hydrogen-bond acceptors (Lipinski definition) is 3. The zero-order valence-electron chi connectivity index (χ0n) is 7.40. The number of terminal acetylenes is 1. The zero-order chi connectivity index (χ0) is 10.2. The van der Waals surface area contributed by atoms with Gasteiger partial charge in [0.2, 0.25) is 0 Å². The number of halogens is 1. The van der Waals surface area contributed by atoms with Crippen LogP contribution in [-0.2, 0) is 13.6 Å². The van der Waals surface area contributed by atoms with E-state index < -0.39 is 7.60 Å². The van der Waals surface area contributed by atoms with E-state index in [-0.39, 0.29) is 13.2 Å². The molecule has 74 valence electrons. The molecule has 0 rings (SSSR count). The van der Waals surface area contributed by atoms with Gasteiger partial charge in [-0.05, 0) is 6.92 Å². The lowest BCUT2D eigenvalue weighted by Crippen LogP contribution is -1.93. The van der Waals surface area contributed by atoms with Gasteiger partial charge in [-0.15, -0.1) is 18.0 Å². The van der Waals surface area contributed by atoms with Crippen molar-refractivity contribution in [1.82, 2.24) is 0 Å². The standard InChI is InChI=1S/C8H12ClO3P/c1-3-11-13(10,4-2)12-8-6-5-7-9/h2,5-6H,3,7-8H2,1H3/b6-5-.